The third kappa shape index (κ3) is 3.25. The van der Waals surface area contributed by atoms with Gasteiger partial charge in [-0.15, -0.1) is 11.3 Å². The van der Waals surface area contributed by atoms with E-state index in [1.165, 1.54) is 22.5 Å². The summed E-state index contributed by atoms with van der Waals surface area (Å²) in [5, 5.41) is 5.62. The summed E-state index contributed by atoms with van der Waals surface area (Å²) in [6, 6.07) is 16.3. The molecule has 5 rings (SSSR count). The summed E-state index contributed by atoms with van der Waals surface area (Å²) in [5.41, 5.74) is 5.05. The number of carbonyl (C=O) groups excluding carboxylic acids is 1. The van der Waals surface area contributed by atoms with E-state index in [1.807, 2.05) is 29.6 Å². The minimum atomic E-state index is -0.180. The van der Waals surface area contributed by atoms with Crippen LogP contribution in [0.1, 0.15) is 27.4 Å². The van der Waals surface area contributed by atoms with Crippen LogP contribution in [0.15, 0.2) is 53.9 Å². The van der Waals surface area contributed by atoms with E-state index >= 15 is 0 Å². The van der Waals surface area contributed by atoms with Crippen LogP contribution in [-0.2, 0) is 19.5 Å². The molecule has 3 heterocycles. The van der Waals surface area contributed by atoms with Crippen LogP contribution in [0.4, 0.5) is 5.13 Å². The van der Waals surface area contributed by atoms with Crippen molar-refractivity contribution >= 4 is 33.4 Å². The van der Waals surface area contributed by atoms with Crippen molar-refractivity contribution in [3.63, 3.8) is 0 Å². The molecule has 6 nitrogen and oxygen atoms in total. The van der Waals surface area contributed by atoms with Gasteiger partial charge in [-0.3, -0.25) is 4.79 Å². The van der Waals surface area contributed by atoms with Gasteiger partial charge in [0.15, 0.2) is 5.13 Å². The predicted molar refractivity (Wildman–Crippen MR) is 111 cm³/mol. The molecule has 1 amide bonds. The Balaban J connectivity index is 1.25. The molecule has 0 radical (unpaired) electrons. The molecule has 2 aromatic heterocycles. The van der Waals surface area contributed by atoms with Crippen LogP contribution in [-0.4, -0.2) is 27.4 Å². The molecular formula is C21H19N5OS. The maximum atomic E-state index is 12.5. The summed E-state index contributed by atoms with van der Waals surface area (Å²) in [5.74, 6) is 0.554. The molecule has 2 N–H and O–H groups in total. The average molecular weight is 389 g/mol. The fourth-order valence-corrected chi connectivity index (χ4v) is 4.35. The average Bonchev–Trinajstić information content (AvgIpc) is 3.38. The molecule has 0 fully saturated rings. The molecular weight excluding hydrogens is 370 g/mol. The van der Waals surface area contributed by atoms with Crippen LogP contribution < -0.4 is 10.2 Å². The van der Waals surface area contributed by atoms with Gasteiger partial charge < -0.3 is 15.2 Å². The van der Waals surface area contributed by atoms with Crippen molar-refractivity contribution < 1.29 is 4.79 Å². The predicted octanol–water partition coefficient (Wildman–Crippen LogP) is 3.51. The van der Waals surface area contributed by atoms with Crippen LogP contribution in [0.25, 0.3) is 11.0 Å². The van der Waals surface area contributed by atoms with Crippen molar-refractivity contribution in [2.75, 3.05) is 11.4 Å². The minimum Gasteiger partial charge on any atom is -0.343 e. The lowest BCUT2D eigenvalue weighted by molar-refractivity contribution is 0.0945. The van der Waals surface area contributed by atoms with E-state index in [2.05, 4.69) is 49.4 Å². The molecule has 140 valence electrons. The molecule has 2 aromatic carbocycles. The number of thiazole rings is 1. The second-order valence-corrected chi connectivity index (χ2v) is 7.68. The highest BCUT2D eigenvalue weighted by molar-refractivity contribution is 7.13. The molecule has 0 atom stereocenters. The Kier molecular flexibility index (Phi) is 4.29. The molecule has 0 spiro atoms. The Bertz CT molecular complexity index is 1120. The van der Waals surface area contributed by atoms with Crippen molar-refractivity contribution in [3.8, 4) is 0 Å². The monoisotopic (exact) mass is 389 g/mol. The van der Waals surface area contributed by atoms with Gasteiger partial charge in [0.2, 0.25) is 0 Å². The molecule has 1 aliphatic rings. The van der Waals surface area contributed by atoms with Gasteiger partial charge in [-0.2, -0.15) is 0 Å². The second kappa shape index (κ2) is 7.09. The number of benzene rings is 2. The van der Waals surface area contributed by atoms with Gasteiger partial charge in [-0.1, -0.05) is 36.4 Å². The first-order valence-electron chi connectivity index (χ1n) is 9.25. The van der Waals surface area contributed by atoms with Gasteiger partial charge in [-0.05, 0) is 29.7 Å². The number of para-hydroxylation sites is 2. The fourth-order valence-electron chi connectivity index (χ4n) is 3.52. The van der Waals surface area contributed by atoms with E-state index in [0.29, 0.717) is 12.2 Å². The van der Waals surface area contributed by atoms with Gasteiger partial charge in [0, 0.05) is 18.5 Å². The second-order valence-electron chi connectivity index (χ2n) is 6.84. The normalized spacial score (nSPS) is 13.5. The zero-order valence-electron chi connectivity index (χ0n) is 15.2. The van der Waals surface area contributed by atoms with E-state index in [-0.39, 0.29) is 5.91 Å². The SMILES string of the molecule is O=C(NCc1nc2ccccc2[nH]1)c1csc(N2CCc3ccccc3C2)n1. The van der Waals surface area contributed by atoms with Gasteiger partial charge in [0.25, 0.3) is 5.91 Å². The van der Waals surface area contributed by atoms with Gasteiger partial charge >= 0.3 is 0 Å². The highest BCUT2D eigenvalue weighted by Gasteiger charge is 2.20. The molecule has 0 aliphatic carbocycles. The Morgan fingerprint density at radius 3 is 2.82 bits per heavy atom. The summed E-state index contributed by atoms with van der Waals surface area (Å²) in [7, 11) is 0. The standard InChI is InChI=1S/C21H19N5OS/c27-20(22-11-19-23-16-7-3-4-8-17(16)24-19)18-13-28-21(25-18)26-10-9-14-5-1-2-6-15(14)12-26/h1-8,13H,9-12H2,(H,22,27)(H,23,24). The Morgan fingerprint density at radius 1 is 1.11 bits per heavy atom. The van der Waals surface area contributed by atoms with Crippen molar-refractivity contribution in [2.45, 2.75) is 19.5 Å². The smallest absolute Gasteiger partial charge is 0.271 e. The topological polar surface area (TPSA) is 73.9 Å². The number of H-pyrrole nitrogens is 1. The van der Waals surface area contributed by atoms with Gasteiger partial charge in [-0.25, -0.2) is 9.97 Å². The molecule has 0 bridgehead atoms. The Hall–Kier alpha value is -3.19. The number of imidazole rings is 1. The number of amides is 1. The van der Waals surface area contributed by atoms with E-state index in [0.717, 1.165) is 41.5 Å². The number of anilines is 1. The molecule has 0 unspecified atom stereocenters. The van der Waals surface area contributed by atoms with Crippen LogP contribution in [0.3, 0.4) is 0 Å². The number of nitrogens with one attached hydrogen (secondary N) is 2. The molecule has 4 aromatic rings. The summed E-state index contributed by atoms with van der Waals surface area (Å²) in [6.45, 7) is 2.10. The van der Waals surface area contributed by atoms with E-state index in [9.17, 15) is 4.79 Å². The zero-order valence-corrected chi connectivity index (χ0v) is 16.0. The molecule has 0 saturated heterocycles. The van der Waals surface area contributed by atoms with Crippen LogP contribution in [0.2, 0.25) is 0 Å². The van der Waals surface area contributed by atoms with Gasteiger partial charge in [0.1, 0.15) is 11.5 Å². The third-order valence-corrected chi connectivity index (χ3v) is 5.88. The summed E-state index contributed by atoms with van der Waals surface area (Å²) in [6.07, 6.45) is 1.00. The third-order valence-electron chi connectivity index (χ3n) is 4.98. The summed E-state index contributed by atoms with van der Waals surface area (Å²) < 4.78 is 0. The largest absolute Gasteiger partial charge is 0.343 e. The molecule has 28 heavy (non-hydrogen) atoms. The first-order chi connectivity index (χ1) is 13.8. The van der Waals surface area contributed by atoms with E-state index in [4.69, 9.17) is 0 Å². The first-order valence-corrected chi connectivity index (χ1v) is 10.1. The lowest BCUT2D eigenvalue weighted by Crippen LogP contribution is -2.30. The molecule has 0 saturated carbocycles. The minimum absolute atomic E-state index is 0.180. The number of fused-ring (bicyclic) bond motifs is 2. The number of aromatic nitrogens is 3. The highest BCUT2D eigenvalue weighted by Crippen LogP contribution is 2.27. The number of hydrogen-bond acceptors (Lipinski definition) is 5. The van der Waals surface area contributed by atoms with Crippen LogP contribution in [0.5, 0.6) is 0 Å². The highest BCUT2D eigenvalue weighted by atomic mass is 32.1. The van der Waals surface area contributed by atoms with Crippen molar-refractivity contribution in [1.29, 1.82) is 0 Å². The van der Waals surface area contributed by atoms with Crippen molar-refractivity contribution in [2.24, 2.45) is 0 Å². The number of rotatable bonds is 4. The number of hydrogen-bond donors (Lipinski definition) is 2. The fraction of sp³-hybridized carbons (Fsp3) is 0.190. The number of aromatic amines is 1. The van der Waals surface area contributed by atoms with Crippen LogP contribution >= 0.6 is 11.3 Å². The Labute approximate surface area is 166 Å². The van der Waals surface area contributed by atoms with Crippen LogP contribution in [0, 0.1) is 0 Å². The number of carbonyl (C=O) groups is 1. The summed E-state index contributed by atoms with van der Waals surface area (Å²) in [4.78, 5) is 27.0. The summed E-state index contributed by atoms with van der Waals surface area (Å²) >= 11 is 1.52. The number of nitrogens with zero attached hydrogens (tertiary/aromatic N) is 3. The van der Waals surface area contributed by atoms with Gasteiger partial charge in [0.05, 0.1) is 17.6 Å². The maximum absolute atomic E-state index is 12.5. The quantitative estimate of drug-likeness (QED) is 0.560. The van der Waals surface area contributed by atoms with E-state index < -0.39 is 0 Å². The van der Waals surface area contributed by atoms with Crippen molar-refractivity contribution in [1.82, 2.24) is 20.3 Å². The maximum Gasteiger partial charge on any atom is 0.271 e. The molecule has 1 aliphatic heterocycles. The Morgan fingerprint density at radius 2 is 1.93 bits per heavy atom. The molecule has 7 heteroatoms. The first kappa shape index (κ1) is 16.9. The van der Waals surface area contributed by atoms with Crippen molar-refractivity contribution in [3.05, 3.63) is 76.6 Å². The zero-order chi connectivity index (χ0) is 18.9. The lowest BCUT2D eigenvalue weighted by Gasteiger charge is -2.28. The lowest BCUT2D eigenvalue weighted by atomic mass is 10.0. The van der Waals surface area contributed by atoms with E-state index in [1.54, 1.807) is 0 Å².